The van der Waals surface area contributed by atoms with Crippen molar-refractivity contribution in [2.24, 2.45) is 5.92 Å². The molecule has 0 fully saturated rings. The van der Waals surface area contributed by atoms with Crippen LogP contribution in [0.2, 0.25) is 0 Å². The largest absolute Gasteiger partial charge is 0.313 e. The first-order valence-corrected chi connectivity index (χ1v) is 6.63. The van der Waals surface area contributed by atoms with E-state index in [1.807, 2.05) is 0 Å². The van der Waals surface area contributed by atoms with Gasteiger partial charge in [-0.3, -0.25) is 0 Å². The molecule has 0 heterocycles. The number of rotatable bonds is 8. The Hall–Kier alpha value is 0.310. The van der Waals surface area contributed by atoms with E-state index in [0.717, 1.165) is 5.92 Å². The second-order valence-corrected chi connectivity index (χ2v) is 5.26. The van der Waals surface area contributed by atoms with Crippen LogP contribution in [0, 0.1) is 5.92 Å². The molecule has 0 amide bonds. The minimum absolute atomic E-state index is 0.699. The van der Waals surface area contributed by atoms with Gasteiger partial charge in [-0.05, 0) is 25.0 Å². The summed E-state index contributed by atoms with van der Waals surface area (Å²) in [5, 5.41) is 3.54. The van der Waals surface area contributed by atoms with E-state index in [1.165, 1.54) is 30.9 Å². The predicted octanol–water partition coefficient (Wildman–Crippen LogP) is 3.15. The maximum absolute atomic E-state index is 3.54. The molecule has 0 bridgehead atoms. The molecule has 1 nitrogen and oxygen atoms in total. The summed E-state index contributed by atoms with van der Waals surface area (Å²) in [6, 6.07) is 0.699. The van der Waals surface area contributed by atoms with Gasteiger partial charge < -0.3 is 5.32 Å². The monoisotopic (exact) mass is 203 g/mol. The van der Waals surface area contributed by atoms with Crippen LogP contribution in [0.4, 0.5) is 0 Å². The maximum atomic E-state index is 3.54. The zero-order valence-corrected chi connectivity index (χ0v) is 10.4. The third kappa shape index (κ3) is 10.2. The summed E-state index contributed by atoms with van der Waals surface area (Å²) in [6.07, 6.45) is 2.59. The van der Waals surface area contributed by atoms with E-state index in [4.69, 9.17) is 0 Å². The molecule has 0 saturated carbocycles. The van der Waals surface area contributed by atoms with Crippen molar-refractivity contribution >= 4 is 11.8 Å². The zero-order valence-electron chi connectivity index (χ0n) is 9.60. The first kappa shape index (κ1) is 13.3. The quantitative estimate of drug-likeness (QED) is 0.608. The Morgan fingerprint density at radius 2 is 1.92 bits per heavy atom. The van der Waals surface area contributed by atoms with Crippen LogP contribution in [0.25, 0.3) is 0 Å². The van der Waals surface area contributed by atoms with E-state index in [-0.39, 0.29) is 0 Å². The normalized spacial score (nSPS) is 13.6. The summed E-state index contributed by atoms with van der Waals surface area (Å²) in [7, 11) is 0. The molecule has 1 unspecified atom stereocenters. The van der Waals surface area contributed by atoms with E-state index in [1.54, 1.807) is 0 Å². The van der Waals surface area contributed by atoms with Crippen molar-refractivity contribution in [3.05, 3.63) is 0 Å². The fourth-order valence-electron chi connectivity index (χ4n) is 1.23. The molecule has 80 valence electrons. The van der Waals surface area contributed by atoms with Gasteiger partial charge in [0.25, 0.3) is 0 Å². The maximum Gasteiger partial charge on any atom is 0.00582 e. The average Bonchev–Trinajstić information content (AvgIpc) is 2.03. The Morgan fingerprint density at radius 1 is 1.23 bits per heavy atom. The topological polar surface area (TPSA) is 12.0 Å². The number of hydrogen-bond donors (Lipinski definition) is 1. The molecule has 1 N–H and O–H groups in total. The molecule has 0 aliphatic carbocycles. The lowest BCUT2D eigenvalue weighted by atomic mass is 10.2. The molecule has 13 heavy (non-hydrogen) atoms. The van der Waals surface area contributed by atoms with Gasteiger partial charge in [0.2, 0.25) is 0 Å². The molecule has 1 atom stereocenters. The van der Waals surface area contributed by atoms with Crippen LogP contribution in [-0.2, 0) is 0 Å². The van der Waals surface area contributed by atoms with Crippen LogP contribution in [-0.4, -0.2) is 24.1 Å². The molecular weight excluding hydrogens is 178 g/mol. The van der Waals surface area contributed by atoms with Crippen molar-refractivity contribution in [3.8, 4) is 0 Å². The highest BCUT2D eigenvalue weighted by Crippen LogP contribution is 2.06. The summed E-state index contributed by atoms with van der Waals surface area (Å²) >= 11 is 2.06. The predicted molar refractivity (Wildman–Crippen MR) is 64.5 cm³/mol. The first-order valence-electron chi connectivity index (χ1n) is 5.48. The smallest absolute Gasteiger partial charge is 0.00582 e. The van der Waals surface area contributed by atoms with Gasteiger partial charge in [-0.25, -0.2) is 0 Å². The molecule has 0 radical (unpaired) electrons. The fraction of sp³-hybridized carbons (Fsp3) is 1.00. The van der Waals surface area contributed by atoms with Gasteiger partial charge in [0.05, 0.1) is 0 Å². The molecule has 0 saturated heterocycles. The summed E-state index contributed by atoms with van der Waals surface area (Å²) < 4.78 is 0. The van der Waals surface area contributed by atoms with Crippen molar-refractivity contribution in [3.63, 3.8) is 0 Å². The highest BCUT2D eigenvalue weighted by molar-refractivity contribution is 7.99. The molecule has 0 spiro atoms. The summed E-state index contributed by atoms with van der Waals surface area (Å²) in [5.74, 6) is 3.38. The highest BCUT2D eigenvalue weighted by atomic mass is 32.2. The summed E-state index contributed by atoms with van der Waals surface area (Å²) in [6.45, 7) is 10.2. The molecular formula is C11H25NS. The Morgan fingerprint density at radius 3 is 2.46 bits per heavy atom. The van der Waals surface area contributed by atoms with Gasteiger partial charge >= 0.3 is 0 Å². The van der Waals surface area contributed by atoms with E-state index >= 15 is 0 Å². The first-order chi connectivity index (χ1) is 6.16. The van der Waals surface area contributed by atoms with E-state index in [0.29, 0.717) is 6.04 Å². The van der Waals surface area contributed by atoms with Crippen LogP contribution >= 0.6 is 11.8 Å². The van der Waals surface area contributed by atoms with Crippen molar-refractivity contribution in [1.82, 2.24) is 5.32 Å². The van der Waals surface area contributed by atoms with Crippen LogP contribution in [0.15, 0.2) is 0 Å². The van der Waals surface area contributed by atoms with Gasteiger partial charge in [-0.1, -0.05) is 27.2 Å². The highest BCUT2D eigenvalue weighted by Gasteiger charge is 1.98. The second-order valence-electron chi connectivity index (χ2n) is 4.11. The standard InChI is InChI=1S/C11H25NS/c1-5-6-11(4)12-7-8-13-9-10(2)3/h10-12H,5-9H2,1-4H3. The fourth-order valence-corrected chi connectivity index (χ4v) is 2.13. The van der Waals surface area contributed by atoms with E-state index in [9.17, 15) is 0 Å². The number of hydrogen-bond acceptors (Lipinski definition) is 2. The zero-order chi connectivity index (χ0) is 10.1. The molecule has 0 aliphatic heterocycles. The van der Waals surface area contributed by atoms with E-state index < -0.39 is 0 Å². The van der Waals surface area contributed by atoms with Gasteiger partial charge in [-0.2, -0.15) is 11.8 Å². The van der Waals surface area contributed by atoms with Gasteiger partial charge in [0.15, 0.2) is 0 Å². The van der Waals surface area contributed by atoms with E-state index in [2.05, 4.69) is 44.8 Å². The van der Waals surface area contributed by atoms with Crippen LogP contribution in [0.5, 0.6) is 0 Å². The lowest BCUT2D eigenvalue weighted by Gasteiger charge is -2.12. The molecule has 0 rings (SSSR count). The number of thioether (sulfide) groups is 1. The second kappa shape index (κ2) is 8.89. The molecule has 0 aromatic heterocycles. The molecule has 0 aromatic carbocycles. The van der Waals surface area contributed by atoms with Gasteiger partial charge in [-0.15, -0.1) is 0 Å². The lowest BCUT2D eigenvalue weighted by molar-refractivity contribution is 0.526. The van der Waals surface area contributed by atoms with Crippen molar-refractivity contribution in [1.29, 1.82) is 0 Å². The third-order valence-electron chi connectivity index (χ3n) is 1.91. The van der Waals surface area contributed by atoms with Gasteiger partial charge in [0, 0.05) is 18.3 Å². The van der Waals surface area contributed by atoms with Crippen molar-refractivity contribution < 1.29 is 0 Å². The van der Waals surface area contributed by atoms with Crippen LogP contribution in [0.1, 0.15) is 40.5 Å². The lowest BCUT2D eigenvalue weighted by Crippen LogP contribution is -2.28. The Kier molecular flexibility index (Phi) is 9.10. The van der Waals surface area contributed by atoms with Crippen LogP contribution < -0.4 is 5.32 Å². The summed E-state index contributed by atoms with van der Waals surface area (Å²) in [5.41, 5.74) is 0. The van der Waals surface area contributed by atoms with Crippen LogP contribution in [0.3, 0.4) is 0 Å². The minimum atomic E-state index is 0.699. The minimum Gasteiger partial charge on any atom is -0.313 e. The Bertz CT molecular complexity index is 104. The SMILES string of the molecule is CCCC(C)NCCSCC(C)C. The van der Waals surface area contributed by atoms with Gasteiger partial charge in [0.1, 0.15) is 0 Å². The third-order valence-corrected chi connectivity index (χ3v) is 3.31. The van der Waals surface area contributed by atoms with Crippen molar-refractivity contribution in [2.75, 3.05) is 18.1 Å². The average molecular weight is 203 g/mol. The molecule has 0 aliphatic rings. The van der Waals surface area contributed by atoms with Crippen molar-refractivity contribution in [2.45, 2.75) is 46.6 Å². The molecule has 2 heteroatoms. The molecule has 0 aromatic rings. The Balaban J connectivity index is 3.06. The summed E-state index contributed by atoms with van der Waals surface area (Å²) in [4.78, 5) is 0. The number of nitrogens with one attached hydrogen (secondary N) is 1. The Labute approximate surface area is 88.1 Å².